The van der Waals surface area contributed by atoms with Crippen LogP contribution in [-0.2, 0) is 20.8 Å². The number of ketones is 2. The Morgan fingerprint density at radius 1 is 1.03 bits per heavy atom. The molecule has 0 spiro atoms. The number of rotatable bonds is 4. The van der Waals surface area contributed by atoms with E-state index < -0.39 is 64.0 Å². The quantitative estimate of drug-likeness (QED) is 0.306. The standard InChI is InChI=1S/C28H27N3O8/c1-31(2)21-16-10-13-9-15-14(11-4-3-5-12(8-11)26(29)37)6-7-17(32)19(15)22(33)18(13)24(35)28(16,39)25(36)20(23(21)34)27(30)38/h3-8,13,16,21,32-33,36,39H,9-10H2,1-2H3,(H2,29,37)(H2,30,38)/t13?,16?,21-,28+/m1/s1. The normalized spacial score (nSPS) is 26.3. The Bertz CT molecular complexity index is 1560. The van der Waals surface area contributed by atoms with Gasteiger partial charge in [0, 0.05) is 17.1 Å². The summed E-state index contributed by atoms with van der Waals surface area (Å²) in [5, 5.41) is 44.7. The fraction of sp³-hybridized carbons (Fsp3) is 0.286. The van der Waals surface area contributed by atoms with Gasteiger partial charge in [0.05, 0.1) is 11.6 Å². The highest BCUT2D eigenvalue weighted by Crippen LogP contribution is 2.53. The smallest absolute Gasteiger partial charge is 0.255 e. The fourth-order valence-electron chi connectivity index (χ4n) is 6.35. The highest BCUT2D eigenvalue weighted by molar-refractivity contribution is 6.24. The molecule has 202 valence electrons. The van der Waals surface area contributed by atoms with E-state index in [0.29, 0.717) is 16.7 Å². The van der Waals surface area contributed by atoms with Gasteiger partial charge in [0.25, 0.3) is 5.91 Å². The summed E-state index contributed by atoms with van der Waals surface area (Å²) in [6.07, 6.45) is 0.0985. The van der Waals surface area contributed by atoms with E-state index in [1.165, 1.54) is 25.1 Å². The zero-order valence-corrected chi connectivity index (χ0v) is 21.1. The number of phenols is 1. The maximum atomic E-state index is 13.9. The van der Waals surface area contributed by atoms with Crippen LogP contribution in [0.5, 0.6) is 5.75 Å². The molecule has 5 rings (SSSR count). The molecule has 1 fully saturated rings. The Hall–Kier alpha value is -4.48. The van der Waals surface area contributed by atoms with E-state index in [-0.39, 0.29) is 35.3 Å². The molecule has 39 heavy (non-hydrogen) atoms. The van der Waals surface area contributed by atoms with Crippen LogP contribution < -0.4 is 11.5 Å². The Kier molecular flexibility index (Phi) is 5.89. The van der Waals surface area contributed by atoms with Gasteiger partial charge in [-0.15, -0.1) is 0 Å². The molecule has 4 atom stereocenters. The van der Waals surface area contributed by atoms with Gasteiger partial charge in [-0.1, -0.05) is 18.2 Å². The number of Topliss-reactive ketones (excluding diaryl/α,β-unsaturated/α-hetero) is 2. The maximum Gasteiger partial charge on any atom is 0.255 e. The van der Waals surface area contributed by atoms with Crippen molar-refractivity contribution in [3.05, 3.63) is 70.0 Å². The van der Waals surface area contributed by atoms with Crippen molar-refractivity contribution in [3.63, 3.8) is 0 Å². The lowest BCUT2D eigenvalue weighted by Crippen LogP contribution is -2.65. The van der Waals surface area contributed by atoms with Gasteiger partial charge in [-0.25, -0.2) is 0 Å². The molecule has 3 aliphatic carbocycles. The van der Waals surface area contributed by atoms with Gasteiger partial charge in [-0.05, 0) is 67.7 Å². The second-order valence-electron chi connectivity index (χ2n) is 10.4. The number of fused-ring (bicyclic) bond motifs is 3. The van der Waals surface area contributed by atoms with Gasteiger partial charge in [-0.2, -0.15) is 0 Å². The fourth-order valence-corrected chi connectivity index (χ4v) is 6.35. The molecular weight excluding hydrogens is 506 g/mol. The average molecular weight is 534 g/mol. The molecule has 2 unspecified atom stereocenters. The van der Waals surface area contributed by atoms with Crippen LogP contribution >= 0.6 is 0 Å². The lowest BCUT2D eigenvalue weighted by Gasteiger charge is -2.50. The van der Waals surface area contributed by atoms with E-state index in [2.05, 4.69) is 0 Å². The topological polar surface area (TPSA) is 204 Å². The van der Waals surface area contributed by atoms with Crippen LogP contribution in [0.25, 0.3) is 16.9 Å². The monoisotopic (exact) mass is 533 g/mol. The predicted molar refractivity (Wildman–Crippen MR) is 138 cm³/mol. The van der Waals surface area contributed by atoms with Gasteiger partial charge in [0.1, 0.15) is 22.8 Å². The Morgan fingerprint density at radius 2 is 1.72 bits per heavy atom. The van der Waals surface area contributed by atoms with Gasteiger partial charge in [0.2, 0.25) is 11.7 Å². The molecule has 2 amide bonds. The number of carbonyl (C=O) groups is 4. The van der Waals surface area contributed by atoms with Gasteiger partial charge >= 0.3 is 0 Å². The molecule has 1 saturated carbocycles. The number of carbonyl (C=O) groups excluding carboxylic acids is 4. The second kappa shape index (κ2) is 8.79. The van der Waals surface area contributed by atoms with Crippen molar-refractivity contribution in [2.45, 2.75) is 24.5 Å². The molecule has 11 nitrogen and oxygen atoms in total. The van der Waals surface area contributed by atoms with E-state index in [1.807, 2.05) is 0 Å². The molecule has 0 saturated heterocycles. The maximum absolute atomic E-state index is 13.9. The minimum Gasteiger partial charge on any atom is -0.508 e. The Morgan fingerprint density at radius 3 is 2.33 bits per heavy atom. The number of aromatic hydroxyl groups is 1. The first-order valence-corrected chi connectivity index (χ1v) is 12.2. The third kappa shape index (κ3) is 3.57. The predicted octanol–water partition coefficient (Wildman–Crippen LogP) is 0.730. The van der Waals surface area contributed by atoms with Crippen molar-refractivity contribution in [1.29, 1.82) is 0 Å². The third-order valence-electron chi connectivity index (χ3n) is 8.06. The van der Waals surface area contributed by atoms with Crippen LogP contribution in [0.1, 0.15) is 27.9 Å². The van der Waals surface area contributed by atoms with Crippen LogP contribution in [-0.4, -0.2) is 74.4 Å². The van der Waals surface area contributed by atoms with Gasteiger partial charge in [-0.3, -0.25) is 24.1 Å². The first kappa shape index (κ1) is 26.1. The van der Waals surface area contributed by atoms with Crippen molar-refractivity contribution in [2.75, 3.05) is 14.1 Å². The van der Waals surface area contributed by atoms with E-state index in [4.69, 9.17) is 11.5 Å². The molecule has 2 aromatic rings. The van der Waals surface area contributed by atoms with Crippen LogP contribution in [0.3, 0.4) is 0 Å². The number of benzene rings is 2. The molecule has 0 aromatic heterocycles. The van der Waals surface area contributed by atoms with Gasteiger partial charge in [0.15, 0.2) is 11.4 Å². The van der Waals surface area contributed by atoms with Crippen LogP contribution in [0, 0.1) is 11.8 Å². The number of nitrogens with two attached hydrogens (primary N) is 2. The van der Waals surface area contributed by atoms with Crippen molar-refractivity contribution in [1.82, 2.24) is 4.90 Å². The van der Waals surface area contributed by atoms with E-state index >= 15 is 0 Å². The molecule has 2 aromatic carbocycles. The highest BCUT2D eigenvalue weighted by Gasteiger charge is 2.64. The number of hydrogen-bond donors (Lipinski definition) is 6. The van der Waals surface area contributed by atoms with Crippen molar-refractivity contribution in [2.24, 2.45) is 23.3 Å². The lowest BCUT2D eigenvalue weighted by molar-refractivity contribution is -0.153. The number of primary amides is 2. The minimum atomic E-state index is -2.70. The Labute approximate surface area is 222 Å². The summed E-state index contributed by atoms with van der Waals surface area (Å²) in [5.74, 6) is -7.76. The third-order valence-corrected chi connectivity index (χ3v) is 8.06. The minimum absolute atomic E-state index is 0.0256. The zero-order chi connectivity index (χ0) is 28.5. The summed E-state index contributed by atoms with van der Waals surface area (Å²) in [5.41, 5.74) is 8.85. The molecular formula is C28H27N3O8. The zero-order valence-electron chi connectivity index (χ0n) is 21.1. The van der Waals surface area contributed by atoms with Crippen LogP contribution in [0.15, 0.2) is 53.3 Å². The summed E-state index contributed by atoms with van der Waals surface area (Å²) >= 11 is 0. The summed E-state index contributed by atoms with van der Waals surface area (Å²) in [6, 6.07) is 8.28. The van der Waals surface area contributed by atoms with Crippen LogP contribution in [0.2, 0.25) is 0 Å². The molecule has 0 radical (unpaired) electrons. The number of hydrogen-bond acceptors (Lipinski definition) is 9. The SMILES string of the molecule is CN(C)[C@H]1C(=O)C(C(N)=O)=C(O)[C@@]2(O)C(=O)C3=C(O)c4c(O)ccc(-c5cccc(C(N)=O)c5)c4CC3CC12. The summed E-state index contributed by atoms with van der Waals surface area (Å²) in [4.78, 5) is 52.4. The van der Waals surface area contributed by atoms with E-state index in [1.54, 1.807) is 30.3 Å². The number of amides is 2. The molecule has 0 bridgehead atoms. The largest absolute Gasteiger partial charge is 0.508 e. The number of nitrogens with zero attached hydrogens (tertiary/aromatic N) is 1. The van der Waals surface area contributed by atoms with Crippen LogP contribution in [0.4, 0.5) is 0 Å². The lowest BCUT2D eigenvalue weighted by atomic mass is 9.57. The number of aliphatic hydroxyl groups is 3. The number of phenolic OH excluding ortho intramolecular Hbond substituents is 1. The summed E-state index contributed by atoms with van der Waals surface area (Å²) in [7, 11) is 3.07. The van der Waals surface area contributed by atoms with E-state index in [0.717, 1.165) is 0 Å². The highest BCUT2D eigenvalue weighted by atomic mass is 16.3. The first-order valence-electron chi connectivity index (χ1n) is 12.2. The Balaban J connectivity index is 1.73. The average Bonchev–Trinajstić information content (AvgIpc) is 2.86. The molecule has 11 heteroatoms. The van der Waals surface area contributed by atoms with E-state index in [9.17, 15) is 39.6 Å². The molecule has 8 N–H and O–H groups in total. The first-order chi connectivity index (χ1) is 18.3. The second-order valence-corrected chi connectivity index (χ2v) is 10.4. The van der Waals surface area contributed by atoms with Gasteiger partial charge < -0.3 is 31.9 Å². The van der Waals surface area contributed by atoms with Crippen molar-refractivity contribution in [3.8, 4) is 16.9 Å². The number of likely N-dealkylation sites (N-methyl/N-ethyl adjacent to an activating group) is 1. The molecule has 0 heterocycles. The summed E-state index contributed by atoms with van der Waals surface area (Å²) < 4.78 is 0. The van der Waals surface area contributed by atoms with Crippen molar-refractivity contribution >= 4 is 29.1 Å². The molecule has 0 aliphatic heterocycles. The number of aliphatic hydroxyl groups excluding tert-OH is 2. The summed E-state index contributed by atoms with van der Waals surface area (Å²) in [6.45, 7) is 0. The molecule has 3 aliphatic rings. The van der Waals surface area contributed by atoms with Crippen molar-refractivity contribution < 1.29 is 39.6 Å².